The van der Waals surface area contributed by atoms with Crippen molar-refractivity contribution in [3.8, 4) is 0 Å². The topological polar surface area (TPSA) is 0 Å². The molecule has 0 nitrogen and oxygen atoms in total. The molecule has 0 aliphatic heterocycles. The largest absolute Gasteiger partial charge is 2.00 e. The van der Waals surface area contributed by atoms with Gasteiger partial charge in [0.2, 0.25) is 0 Å². The van der Waals surface area contributed by atoms with Crippen molar-refractivity contribution >= 4 is 0 Å². The Morgan fingerprint density at radius 1 is 1.18 bits per heavy atom. The monoisotopic (exact) mass is 270 g/mol. The Balaban J connectivity index is 0. The van der Waals surface area contributed by atoms with Crippen LogP contribution in [-0.2, 0) is 19.5 Å². The number of hydrogen-bond acceptors (Lipinski definition) is 0. The van der Waals surface area contributed by atoms with E-state index in [1.807, 2.05) is 0 Å². The van der Waals surface area contributed by atoms with Gasteiger partial charge >= 0.3 is 19.5 Å². The molecule has 0 unspecified atom stereocenters. The van der Waals surface area contributed by atoms with Crippen LogP contribution in [0.3, 0.4) is 0 Å². The van der Waals surface area contributed by atoms with Crippen LogP contribution < -0.4 is 17.0 Å². The minimum absolute atomic E-state index is 0. The molecule has 0 saturated heterocycles. The Morgan fingerprint density at radius 2 is 1.73 bits per heavy atom. The first-order valence-electron chi connectivity index (χ1n) is 2.47. The summed E-state index contributed by atoms with van der Waals surface area (Å²) in [5.74, 6) is -0.933. The van der Waals surface area contributed by atoms with Crippen LogP contribution >= 0.6 is 0 Å². The van der Waals surface area contributed by atoms with Gasteiger partial charge in [0.05, 0.1) is 5.82 Å². The van der Waals surface area contributed by atoms with Crippen molar-refractivity contribution < 1.29 is 45.2 Å². The van der Waals surface area contributed by atoms with Crippen LogP contribution in [0.4, 0.5) is 8.78 Å². The van der Waals surface area contributed by atoms with Crippen LogP contribution in [-0.4, -0.2) is 0 Å². The van der Waals surface area contributed by atoms with Crippen molar-refractivity contribution in [2.24, 2.45) is 0 Å². The Kier molecular flexibility index (Phi) is 7.03. The molecule has 1 aromatic carbocycles. The molecule has 0 aliphatic rings. The second kappa shape index (κ2) is 5.67. The molecule has 4 heteroatoms. The van der Waals surface area contributed by atoms with Crippen molar-refractivity contribution in [1.82, 2.24) is 0 Å². The molecule has 1 aromatic rings. The van der Waals surface area contributed by atoms with Gasteiger partial charge in [-0.15, -0.1) is 6.07 Å². The summed E-state index contributed by atoms with van der Waals surface area (Å²) >= 11 is 0. The summed E-state index contributed by atoms with van der Waals surface area (Å²) < 4.78 is 24.4. The van der Waals surface area contributed by atoms with Crippen LogP contribution in [0.2, 0.25) is 0 Å². The molecule has 0 heterocycles. The van der Waals surface area contributed by atoms with Gasteiger partial charge in [0.25, 0.3) is 0 Å². The fourth-order valence-electron chi connectivity index (χ4n) is 0.543. The fraction of sp³-hybridized carbons (Fsp3) is 0. The Labute approximate surface area is 87.5 Å². The van der Waals surface area contributed by atoms with E-state index in [2.05, 4.69) is 6.92 Å². The van der Waals surface area contributed by atoms with Crippen LogP contribution in [0.25, 0.3) is 0 Å². The van der Waals surface area contributed by atoms with E-state index in [4.69, 9.17) is 0 Å². The van der Waals surface area contributed by atoms with E-state index in [1.165, 1.54) is 0 Å². The quantitative estimate of drug-likeness (QED) is 0.426. The number of hydrogen-bond donors (Lipinski definition) is 0. The molecule has 0 spiro atoms. The van der Waals surface area contributed by atoms with Crippen LogP contribution in [0.1, 0.15) is 5.56 Å². The van der Waals surface area contributed by atoms with E-state index in [-0.39, 0.29) is 42.0 Å². The van der Waals surface area contributed by atoms with Gasteiger partial charge in [-0.25, -0.2) is 4.39 Å². The third kappa shape index (κ3) is 3.83. The van der Waals surface area contributed by atoms with Gasteiger partial charge in [-0.05, 0) is 6.07 Å². The van der Waals surface area contributed by atoms with E-state index >= 15 is 0 Å². The van der Waals surface area contributed by atoms with Crippen LogP contribution in [0, 0.1) is 18.6 Å². The fourth-order valence-corrected chi connectivity index (χ4v) is 0.543. The second-order valence-corrected chi connectivity index (χ2v) is 1.74. The Morgan fingerprint density at radius 3 is 2.09 bits per heavy atom. The summed E-state index contributed by atoms with van der Waals surface area (Å²) in [6, 6.07) is 3.16. The molecule has 0 aliphatic carbocycles. The minimum Gasteiger partial charge on any atom is -1.00 e. The van der Waals surface area contributed by atoms with E-state index in [9.17, 15) is 8.78 Å². The predicted octanol–water partition coefficient (Wildman–Crippen LogP) is -0.852. The third-order valence-electron chi connectivity index (χ3n) is 1.01. The first-order chi connectivity index (χ1) is 4.20. The molecule has 0 aromatic heterocycles. The third-order valence-corrected chi connectivity index (χ3v) is 1.01. The summed E-state index contributed by atoms with van der Waals surface area (Å²) in [5.41, 5.74) is 0.0926. The summed E-state index contributed by atoms with van der Waals surface area (Å²) in [4.78, 5) is 0. The molecule has 11 heavy (non-hydrogen) atoms. The predicted molar refractivity (Wildman–Crippen MR) is 30.8 cm³/mol. The molecule has 0 amide bonds. The molecular weight excluding hydrogens is 267 g/mol. The number of halogens is 3. The molecule has 0 N–H and O–H groups in total. The van der Waals surface area contributed by atoms with Gasteiger partial charge in [0.15, 0.2) is 0 Å². The van der Waals surface area contributed by atoms with Gasteiger partial charge in [-0.1, -0.05) is 6.07 Å². The zero-order valence-electron chi connectivity index (χ0n) is 5.78. The van der Waals surface area contributed by atoms with Crippen molar-refractivity contribution in [2.75, 3.05) is 0 Å². The van der Waals surface area contributed by atoms with Gasteiger partial charge in [-0.2, -0.15) is 12.5 Å². The normalized spacial score (nSPS) is 7.82. The summed E-state index contributed by atoms with van der Waals surface area (Å²) in [6.45, 7) is 3.27. The van der Waals surface area contributed by atoms with Gasteiger partial charge in [-0.3, -0.25) is 4.39 Å². The molecule has 0 fully saturated rings. The van der Waals surface area contributed by atoms with Crippen molar-refractivity contribution in [3.63, 3.8) is 0 Å². The average molecular weight is 272 g/mol. The van der Waals surface area contributed by atoms with E-state index in [0.29, 0.717) is 0 Å². The Hall–Kier alpha value is 0.0534. The molecule has 0 atom stereocenters. The average Bonchev–Trinajstić information content (AvgIpc) is 1.80. The number of benzene rings is 1. The summed E-state index contributed by atoms with van der Waals surface area (Å²) in [5, 5.41) is 0. The van der Waals surface area contributed by atoms with Crippen LogP contribution in [0.15, 0.2) is 18.2 Å². The van der Waals surface area contributed by atoms with Gasteiger partial charge < -0.3 is 17.0 Å². The summed E-state index contributed by atoms with van der Waals surface area (Å²) in [7, 11) is 0. The maximum Gasteiger partial charge on any atom is 2.00 e. The molecule has 56 valence electrons. The van der Waals surface area contributed by atoms with E-state index in [1.54, 1.807) is 0 Å². The Bertz CT molecular complexity index is 228. The second-order valence-electron chi connectivity index (χ2n) is 1.74. The zero-order valence-corrected chi connectivity index (χ0v) is 10.3. The molecule has 0 bridgehead atoms. The summed E-state index contributed by atoms with van der Waals surface area (Å²) in [6.07, 6.45) is 0. The SMILES string of the molecule is [Br-].[CH2-]c1cc(F)ccc1F.[Zn+2]. The maximum atomic E-state index is 12.3. The van der Waals surface area contributed by atoms with E-state index in [0.717, 1.165) is 18.2 Å². The number of rotatable bonds is 0. The molecule has 0 radical (unpaired) electrons. The standard InChI is InChI=1S/C7H5F2.BrH.Zn/c1-5-4-6(8)2-3-7(5)9;;/h2-4H,1H2;1H;/q-1;;+2/p-1. The van der Waals surface area contributed by atoms with Gasteiger partial charge in [0.1, 0.15) is 0 Å². The molecule has 0 saturated carbocycles. The first kappa shape index (κ1) is 13.6. The van der Waals surface area contributed by atoms with E-state index < -0.39 is 11.6 Å². The minimum atomic E-state index is -0.476. The van der Waals surface area contributed by atoms with Crippen molar-refractivity contribution in [1.29, 1.82) is 0 Å². The first-order valence-corrected chi connectivity index (χ1v) is 2.47. The molecule has 1 rings (SSSR count). The van der Waals surface area contributed by atoms with Crippen molar-refractivity contribution in [3.05, 3.63) is 42.3 Å². The zero-order chi connectivity index (χ0) is 6.85. The van der Waals surface area contributed by atoms with Gasteiger partial charge in [0, 0.05) is 5.82 Å². The van der Waals surface area contributed by atoms with Crippen LogP contribution in [0.5, 0.6) is 0 Å². The smallest absolute Gasteiger partial charge is 1.00 e. The van der Waals surface area contributed by atoms with Crippen molar-refractivity contribution in [2.45, 2.75) is 0 Å². The molecular formula is C7H5BrF2Zn. The maximum absolute atomic E-state index is 12.3.